The van der Waals surface area contributed by atoms with Gasteiger partial charge in [0.2, 0.25) is 5.91 Å². The molecule has 2 aliphatic rings. The van der Waals surface area contributed by atoms with Crippen LogP contribution in [0.5, 0.6) is 0 Å². The van der Waals surface area contributed by atoms with Gasteiger partial charge in [0, 0.05) is 37.1 Å². The van der Waals surface area contributed by atoms with E-state index in [0.29, 0.717) is 12.6 Å². The van der Waals surface area contributed by atoms with Gasteiger partial charge in [-0.1, -0.05) is 13.0 Å². The molecule has 25 heavy (non-hydrogen) atoms. The molecule has 0 radical (unpaired) electrons. The third-order valence-electron chi connectivity index (χ3n) is 5.12. The first-order valence-electron chi connectivity index (χ1n) is 8.81. The lowest BCUT2D eigenvalue weighted by Gasteiger charge is -2.34. The van der Waals surface area contributed by atoms with Crippen molar-refractivity contribution < 1.29 is 4.79 Å². The highest BCUT2D eigenvalue weighted by Gasteiger charge is 2.23. The standard InChI is InChI=1S/C18H28N4O.2ClH/c1-2-21-11-8-14(9-12-21)20-18(23)13-22-10-4-5-15-16(19)6-3-7-17(15)22;;/h3,6-7,14H,2,4-5,8-13,19H2,1H3,(H,20,23);2*1H. The molecule has 1 aromatic rings. The van der Waals surface area contributed by atoms with Gasteiger partial charge in [0.25, 0.3) is 0 Å². The van der Waals surface area contributed by atoms with Crippen LogP contribution in [0.1, 0.15) is 31.7 Å². The Bertz CT molecular complexity index is 562. The summed E-state index contributed by atoms with van der Waals surface area (Å²) in [5.74, 6) is 0.134. The Balaban J connectivity index is 0.00000156. The highest BCUT2D eigenvalue weighted by atomic mass is 35.5. The second-order valence-electron chi connectivity index (χ2n) is 6.65. The van der Waals surface area contributed by atoms with E-state index in [1.165, 1.54) is 5.56 Å². The maximum atomic E-state index is 12.4. The minimum absolute atomic E-state index is 0. The van der Waals surface area contributed by atoms with Crippen LogP contribution in [-0.2, 0) is 11.2 Å². The fourth-order valence-corrected chi connectivity index (χ4v) is 3.73. The molecule has 0 spiro atoms. The van der Waals surface area contributed by atoms with Crippen LogP contribution in [0, 0.1) is 0 Å². The molecular formula is C18H30Cl2N4O. The topological polar surface area (TPSA) is 61.6 Å². The van der Waals surface area contributed by atoms with Crippen LogP contribution in [-0.4, -0.2) is 49.6 Å². The van der Waals surface area contributed by atoms with Crippen LogP contribution in [0.4, 0.5) is 11.4 Å². The van der Waals surface area contributed by atoms with Gasteiger partial charge in [-0.2, -0.15) is 0 Å². The quantitative estimate of drug-likeness (QED) is 0.777. The Morgan fingerprint density at radius 1 is 1.24 bits per heavy atom. The van der Waals surface area contributed by atoms with Gasteiger partial charge >= 0.3 is 0 Å². The third kappa shape index (κ3) is 5.40. The average molecular weight is 389 g/mol. The zero-order chi connectivity index (χ0) is 16.2. The van der Waals surface area contributed by atoms with Crippen molar-refractivity contribution in [3.63, 3.8) is 0 Å². The molecule has 0 aliphatic carbocycles. The van der Waals surface area contributed by atoms with E-state index in [1.54, 1.807) is 0 Å². The number of fused-ring (bicyclic) bond motifs is 1. The number of benzene rings is 1. The lowest BCUT2D eigenvalue weighted by molar-refractivity contribution is -0.120. The summed E-state index contributed by atoms with van der Waals surface area (Å²) in [6, 6.07) is 6.34. The summed E-state index contributed by atoms with van der Waals surface area (Å²) >= 11 is 0. The molecule has 142 valence electrons. The van der Waals surface area contributed by atoms with Gasteiger partial charge in [0.15, 0.2) is 0 Å². The lowest BCUT2D eigenvalue weighted by Crippen LogP contribution is -2.48. The molecule has 1 fully saturated rings. The SMILES string of the molecule is CCN1CCC(NC(=O)CN2CCCc3c(N)cccc32)CC1.Cl.Cl. The van der Waals surface area contributed by atoms with Crippen molar-refractivity contribution in [2.24, 2.45) is 0 Å². The molecule has 0 atom stereocenters. The number of carbonyl (C=O) groups is 1. The maximum absolute atomic E-state index is 12.4. The number of nitrogens with zero attached hydrogens (tertiary/aromatic N) is 2. The number of hydrogen-bond acceptors (Lipinski definition) is 4. The van der Waals surface area contributed by atoms with Crippen molar-refractivity contribution in [3.8, 4) is 0 Å². The normalized spacial score (nSPS) is 17.9. The number of piperidine rings is 1. The van der Waals surface area contributed by atoms with Crippen LogP contribution < -0.4 is 16.0 Å². The predicted octanol–water partition coefficient (Wildman–Crippen LogP) is 2.47. The van der Waals surface area contributed by atoms with Gasteiger partial charge in [-0.3, -0.25) is 4.79 Å². The summed E-state index contributed by atoms with van der Waals surface area (Å²) < 4.78 is 0. The first-order valence-corrected chi connectivity index (χ1v) is 8.81. The van der Waals surface area contributed by atoms with E-state index in [1.807, 2.05) is 12.1 Å². The summed E-state index contributed by atoms with van der Waals surface area (Å²) in [6.07, 6.45) is 4.19. The fraction of sp³-hybridized carbons (Fsp3) is 0.611. The summed E-state index contributed by atoms with van der Waals surface area (Å²) in [5, 5.41) is 3.22. The van der Waals surface area contributed by atoms with Gasteiger partial charge < -0.3 is 20.9 Å². The molecule has 2 heterocycles. The number of anilines is 2. The van der Waals surface area contributed by atoms with Crippen molar-refractivity contribution in [1.29, 1.82) is 0 Å². The zero-order valence-electron chi connectivity index (χ0n) is 14.9. The van der Waals surface area contributed by atoms with E-state index < -0.39 is 0 Å². The summed E-state index contributed by atoms with van der Waals surface area (Å²) in [6.45, 7) is 6.84. The molecule has 0 bridgehead atoms. The number of amides is 1. The van der Waals surface area contributed by atoms with Gasteiger partial charge in [0.1, 0.15) is 0 Å². The van der Waals surface area contributed by atoms with Crippen molar-refractivity contribution in [1.82, 2.24) is 10.2 Å². The molecule has 1 aromatic carbocycles. The van der Waals surface area contributed by atoms with E-state index in [4.69, 9.17) is 5.73 Å². The molecule has 0 saturated carbocycles. The minimum atomic E-state index is 0. The lowest BCUT2D eigenvalue weighted by atomic mass is 10.00. The van der Waals surface area contributed by atoms with Crippen molar-refractivity contribution in [2.75, 3.05) is 43.4 Å². The Kier molecular flexibility index (Phi) is 8.83. The monoisotopic (exact) mass is 388 g/mol. The number of carbonyl (C=O) groups excluding carboxylic acids is 1. The number of nitrogen functional groups attached to an aromatic ring is 1. The molecule has 7 heteroatoms. The number of nitrogens with one attached hydrogen (secondary N) is 1. The van der Waals surface area contributed by atoms with E-state index >= 15 is 0 Å². The van der Waals surface area contributed by atoms with Gasteiger partial charge in [0.05, 0.1) is 6.54 Å². The predicted molar refractivity (Wildman–Crippen MR) is 109 cm³/mol. The first kappa shape index (κ1) is 21.9. The number of halogens is 2. The zero-order valence-corrected chi connectivity index (χ0v) is 16.5. The van der Waals surface area contributed by atoms with Crippen LogP contribution in [0.2, 0.25) is 0 Å². The maximum Gasteiger partial charge on any atom is 0.239 e. The Morgan fingerprint density at radius 2 is 1.96 bits per heavy atom. The van der Waals surface area contributed by atoms with Crippen LogP contribution in [0.3, 0.4) is 0 Å². The van der Waals surface area contributed by atoms with Crippen molar-refractivity contribution in [3.05, 3.63) is 23.8 Å². The highest BCUT2D eigenvalue weighted by molar-refractivity contribution is 5.85. The highest BCUT2D eigenvalue weighted by Crippen LogP contribution is 2.30. The fourth-order valence-electron chi connectivity index (χ4n) is 3.73. The molecule has 5 nitrogen and oxygen atoms in total. The van der Waals surface area contributed by atoms with Gasteiger partial charge in [-0.15, -0.1) is 24.8 Å². The van der Waals surface area contributed by atoms with Crippen molar-refractivity contribution in [2.45, 2.75) is 38.6 Å². The van der Waals surface area contributed by atoms with Gasteiger partial charge in [-0.05, 0) is 49.9 Å². The molecule has 0 aromatic heterocycles. The smallest absolute Gasteiger partial charge is 0.239 e. The number of nitrogens with two attached hydrogens (primary N) is 1. The number of hydrogen-bond donors (Lipinski definition) is 2. The van der Waals surface area contributed by atoms with E-state index in [0.717, 1.165) is 63.2 Å². The largest absolute Gasteiger partial charge is 0.398 e. The van der Waals surface area contributed by atoms with Crippen LogP contribution in [0.15, 0.2) is 18.2 Å². The molecule has 1 amide bonds. The molecule has 1 saturated heterocycles. The van der Waals surface area contributed by atoms with E-state index in [-0.39, 0.29) is 30.7 Å². The van der Waals surface area contributed by atoms with Crippen molar-refractivity contribution >= 4 is 42.1 Å². The Labute approximate surface area is 163 Å². The number of rotatable bonds is 4. The molecule has 3 N–H and O–H groups in total. The number of likely N-dealkylation sites (tertiary alicyclic amines) is 1. The molecule has 0 unspecified atom stereocenters. The van der Waals surface area contributed by atoms with Crippen LogP contribution in [0.25, 0.3) is 0 Å². The Morgan fingerprint density at radius 3 is 2.64 bits per heavy atom. The van der Waals surface area contributed by atoms with Crippen LogP contribution >= 0.6 is 24.8 Å². The minimum Gasteiger partial charge on any atom is -0.398 e. The summed E-state index contributed by atoms with van der Waals surface area (Å²) in [4.78, 5) is 17.0. The second-order valence-corrected chi connectivity index (χ2v) is 6.65. The Hall–Kier alpha value is -1.17. The van der Waals surface area contributed by atoms with Gasteiger partial charge in [-0.25, -0.2) is 0 Å². The molecular weight excluding hydrogens is 359 g/mol. The molecule has 2 aliphatic heterocycles. The first-order chi connectivity index (χ1) is 11.2. The average Bonchev–Trinajstić information content (AvgIpc) is 2.56. The summed E-state index contributed by atoms with van der Waals surface area (Å²) in [5.41, 5.74) is 9.25. The third-order valence-corrected chi connectivity index (χ3v) is 5.12. The molecule has 3 rings (SSSR count). The van der Waals surface area contributed by atoms with E-state index in [2.05, 4.69) is 28.1 Å². The second kappa shape index (κ2) is 10.1. The summed E-state index contributed by atoms with van der Waals surface area (Å²) in [7, 11) is 0. The van der Waals surface area contributed by atoms with E-state index in [9.17, 15) is 4.79 Å².